The van der Waals surface area contributed by atoms with Gasteiger partial charge in [0.05, 0.1) is 6.07 Å². The van der Waals surface area contributed by atoms with Crippen molar-refractivity contribution in [2.75, 3.05) is 0 Å². The van der Waals surface area contributed by atoms with Gasteiger partial charge in [0.1, 0.15) is 11.5 Å². The lowest BCUT2D eigenvalue weighted by Crippen LogP contribution is -2.03. The Kier molecular flexibility index (Phi) is 3.61. The first-order chi connectivity index (χ1) is 9.06. The number of aryl methyl sites for hydroxylation is 1. The second kappa shape index (κ2) is 5.34. The number of carbonyl (C=O) groups excluding carboxylic acids is 1. The molecule has 0 radical (unpaired) electrons. The molecule has 0 saturated heterocycles. The van der Waals surface area contributed by atoms with E-state index in [0.717, 1.165) is 17.2 Å². The van der Waals surface area contributed by atoms with Crippen LogP contribution in [0.25, 0.3) is 0 Å². The number of benzene rings is 1. The number of esters is 1. The number of rotatable bonds is 4. The van der Waals surface area contributed by atoms with E-state index in [0.29, 0.717) is 0 Å². The molecule has 0 saturated carbocycles. The maximum atomic E-state index is 11.6. The van der Waals surface area contributed by atoms with Gasteiger partial charge in [0.15, 0.2) is 0 Å². The number of nitrogens with zero attached hydrogens (tertiary/aromatic N) is 1. The van der Waals surface area contributed by atoms with E-state index in [4.69, 9.17) is 9.15 Å². The Bertz CT molecular complexity index is 600. The standard InChI is InChI=1S/C13H11NO5/c1-9-2-4-10(5-3-9)8-18-13(15)11-6-7-12(19-11)14(16)17/h2-7H,8H2,1H3. The average Bonchev–Trinajstić information content (AvgIpc) is 2.87. The summed E-state index contributed by atoms with van der Waals surface area (Å²) in [7, 11) is 0. The van der Waals surface area contributed by atoms with E-state index in [1.165, 1.54) is 6.07 Å². The van der Waals surface area contributed by atoms with Gasteiger partial charge in [-0.3, -0.25) is 10.1 Å². The highest BCUT2D eigenvalue weighted by Crippen LogP contribution is 2.17. The van der Waals surface area contributed by atoms with Crippen LogP contribution in [0.2, 0.25) is 0 Å². The summed E-state index contributed by atoms with van der Waals surface area (Å²) in [6.07, 6.45) is 0. The highest BCUT2D eigenvalue weighted by Gasteiger charge is 2.18. The van der Waals surface area contributed by atoms with Crippen LogP contribution in [0.1, 0.15) is 21.7 Å². The Morgan fingerprint density at radius 2 is 1.95 bits per heavy atom. The summed E-state index contributed by atoms with van der Waals surface area (Å²) in [5.41, 5.74) is 1.94. The van der Waals surface area contributed by atoms with Gasteiger partial charge >= 0.3 is 11.9 Å². The van der Waals surface area contributed by atoms with Crippen LogP contribution in [-0.2, 0) is 11.3 Å². The molecule has 0 spiro atoms. The molecule has 0 aliphatic rings. The first kappa shape index (κ1) is 12.8. The van der Waals surface area contributed by atoms with E-state index in [2.05, 4.69) is 0 Å². The minimum atomic E-state index is -0.728. The average molecular weight is 261 g/mol. The van der Waals surface area contributed by atoms with E-state index >= 15 is 0 Å². The molecule has 19 heavy (non-hydrogen) atoms. The van der Waals surface area contributed by atoms with Crippen LogP contribution < -0.4 is 0 Å². The molecule has 0 fully saturated rings. The van der Waals surface area contributed by atoms with Gasteiger partial charge < -0.3 is 9.15 Å². The van der Waals surface area contributed by atoms with Crippen molar-refractivity contribution in [3.63, 3.8) is 0 Å². The highest BCUT2D eigenvalue weighted by molar-refractivity contribution is 5.86. The summed E-state index contributed by atoms with van der Waals surface area (Å²) in [6.45, 7) is 2.05. The summed E-state index contributed by atoms with van der Waals surface area (Å²) in [4.78, 5) is 21.3. The van der Waals surface area contributed by atoms with Gasteiger partial charge in [-0.05, 0) is 18.6 Å². The summed E-state index contributed by atoms with van der Waals surface area (Å²) >= 11 is 0. The number of furan rings is 1. The van der Waals surface area contributed by atoms with Gasteiger partial charge in [-0.25, -0.2) is 4.79 Å². The van der Waals surface area contributed by atoms with Crippen molar-refractivity contribution in [3.8, 4) is 0 Å². The van der Waals surface area contributed by atoms with E-state index in [1.807, 2.05) is 31.2 Å². The Labute approximate surface area is 108 Å². The molecule has 98 valence electrons. The molecule has 6 nitrogen and oxygen atoms in total. The Morgan fingerprint density at radius 1 is 1.26 bits per heavy atom. The first-order valence-electron chi connectivity index (χ1n) is 5.53. The number of ether oxygens (including phenoxy) is 1. The SMILES string of the molecule is Cc1ccc(COC(=O)c2ccc([N+](=O)[O-])o2)cc1. The highest BCUT2D eigenvalue weighted by atomic mass is 16.7. The Morgan fingerprint density at radius 3 is 2.53 bits per heavy atom. The van der Waals surface area contributed by atoms with E-state index in [-0.39, 0.29) is 12.4 Å². The first-order valence-corrected chi connectivity index (χ1v) is 5.53. The van der Waals surface area contributed by atoms with E-state index in [1.54, 1.807) is 0 Å². The fourth-order valence-corrected chi connectivity index (χ4v) is 1.44. The van der Waals surface area contributed by atoms with Crippen molar-refractivity contribution in [1.82, 2.24) is 0 Å². The molecule has 0 bridgehead atoms. The normalized spacial score (nSPS) is 10.2. The van der Waals surface area contributed by atoms with Gasteiger partial charge in [-0.1, -0.05) is 29.8 Å². The molecule has 0 atom stereocenters. The number of hydrogen-bond donors (Lipinski definition) is 0. The zero-order valence-corrected chi connectivity index (χ0v) is 10.2. The van der Waals surface area contributed by atoms with Gasteiger partial charge in [0.25, 0.3) is 0 Å². The van der Waals surface area contributed by atoms with E-state index in [9.17, 15) is 14.9 Å². The van der Waals surface area contributed by atoms with Crippen LogP contribution in [0, 0.1) is 17.0 Å². The fourth-order valence-electron chi connectivity index (χ4n) is 1.44. The molecule has 0 aliphatic heterocycles. The summed E-state index contributed by atoms with van der Waals surface area (Å²) < 4.78 is 9.73. The third-order valence-corrected chi connectivity index (χ3v) is 2.46. The quantitative estimate of drug-likeness (QED) is 0.480. The Balaban J connectivity index is 1.97. The molecule has 1 aromatic carbocycles. The van der Waals surface area contributed by atoms with Gasteiger partial charge in [-0.15, -0.1) is 0 Å². The van der Waals surface area contributed by atoms with Crippen molar-refractivity contribution < 1.29 is 18.9 Å². The van der Waals surface area contributed by atoms with Crippen LogP contribution in [0.3, 0.4) is 0 Å². The van der Waals surface area contributed by atoms with Crippen LogP contribution in [0.15, 0.2) is 40.8 Å². The number of hydrogen-bond acceptors (Lipinski definition) is 5. The lowest BCUT2D eigenvalue weighted by molar-refractivity contribution is -0.402. The fraction of sp³-hybridized carbons (Fsp3) is 0.154. The molecule has 6 heteroatoms. The van der Waals surface area contributed by atoms with Gasteiger partial charge in [0.2, 0.25) is 5.76 Å². The zero-order valence-electron chi connectivity index (χ0n) is 10.2. The van der Waals surface area contributed by atoms with Crippen LogP contribution in [0.5, 0.6) is 0 Å². The van der Waals surface area contributed by atoms with Crippen molar-refractivity contribution in [1.29, 1.82) is 0 Å². The van der Waals surface area contributed by atoms with Gasteiger partial charge in [-0.2, -0.15) is 0 Å². The largest absolute Gasteiger partial charge is 0.455 e. The van der Waals surface area contributed by atoms with Crippen LogP contribution in [0.4, 0.5) is 5.88 Å². The predicted octanol–water partition coefficient (Wildman–Crippen LogP) is 2.85. The van der Waals surface area contributed by atoms with Crippen molar-refractivity contribution in [3.05, 3.63) is 63.4 Å². The maximum Gasteiger partial charge on any atom is 0.433 e. The smallest absolute Gasteiger partial charge is 0.433 e. The maximum absolute atomic E-state index is 11.6. The lowest BCUT2D eigenvalue weighted by Gasteiger charge is -2.03. The summed E-state index contributed by atoms with van der Waals surface area (Å²) in [5.74, 6) is -1.39. The molecule has 1 aromatic heterocycles. The topological polar surface area (TPSA) is 82.6 Å². The monoisotopic (exact) mass is 261 g/mol. The van der Waals surface area contributed by atoms with Crippen molar-refractivity contribution in [2.24, 2.45) is 0 Å². The molecule has 0 unspecified atom stereocenters. The van der Waals surface area contributed by atoms with Crippen molar-refractivity contribution in [2.45, 2.75) is 13.5 Å². The minimum absolute atomic E-state index is 0.0909. The molecule has 0 N–H and O–H groups in total. The second-order valence-electron chi connectivity index (χ2n) is 3.96. The number of carbonyl (C=O) groups is 1. The minimum Gasteiger partial charge on any atom is -0.455 e. The molecule has 0 aliphatic carbocycles. The summed E-state index contributed by atoms with van der Waals surface area (Å²) in [6, 6.07) is 9.82. The van der Waals surface area contributed by atoms with Crippen LogP contribution in [-0.4, -0.2) is 10.9 Å². The molecule has 0 amide bonds. The third kappa shape index (κ3) is 3.19. The van der Waals surface area contributed by atoms with E-state index < -0.39 is 16.8 Å². The number of nitro groups is 1. The van der Waals surface area contributed by atoms with Crippen LogP contribution >= 0.6 is 0 Å². The predicted molar refractivity (Wildman–Crippen MR) is 65.7 cm³/mol. The molecule has 2 rings (SSSR count). The molecular formula is C13H11NO5. The molecular weight excluding hydrogens is 250 g/mol. The lowest BCUT2D eigenvalue weighted by atomic mass is 10.2. The molecule has 1 heterocycles. The second-order valence-corrected chi connectivity index (χ2v) is 3.96. The zero-order chi connectivity index (χ0) is 13.8. The van der Waals surface area contributed by atoms with Gasteiger partial charge in [0, 0.05) is 0 Å². The van der Waals surface area contributed by atoms with Crippen molar-refractivity contribution >= 4 is 11.9 Å². The summed E-state index contributed by atoms with van der Waals surface area (Å²) in [5, 5.41) is 10.4. The Hall–Kier alpha value is -2.63. The molecule has 2 aromatic rings. The third-order valence-electron chi connectivity index (χ3n) is 2.46.